The molecule has 0 N–H and O–H groups in total. The molecule has 1 unspecified atom stereocenters. The van der Waals surface area contributed by atoms with E-state index in [0.29, 0.717) is 5.54 Å². The Morgan fingerprint density at radius 2 is 1.62 bits per heavy atom. The molecule has 0 amide bonds. The zero-order chi connectivity index (χ0) is 12.0. The lowest BCUT2D eigenvalue weighted by atomic mass is 10.2. The first-order valence-corrected chi connectivity index (χ1v) is 7.66. The van der Waals surface area contributed by atoms with Gasteiger partial charge in [-0.15, -0.1) is 0 Å². The van der Waals surface area contributed by atoms with Crippen molar-refractivity contribution in [3.8, 4) is 0 Å². The van der Waals surface area contributed by atoms with Crippen molar-refractivity contribution in [2.75, 3.05) is 13.2 Å². The van der Waals surface area contributed by atoms with E-state index in [1.54, 1.807) is 0 Å². The van der Waals surface area contributed by atoms with Crippen LogP contribution >= 0.6 is 11.6 Å². The maximum Gasteiger partial charge on any atom is 0.328 e. The van der Waals surface area contributed by atoms with Gasteiger partial charge in [-0.05, 0) is 31.5 Å². The van der Waals surface area contributed by atoms with Crippen LogP contribution in [-0.4, -0.2) is 22.5 Å². The molecule has 90 valence electrons. The van der Waals surface area contributed by atoms with Gasteiger partial charge in [0, 0.05) is 23.8 Å². The normalized spacial score (nSPS) is 13.1. The summed E-state index contributed by atoms with van der Waals surface area (Å²) in [6, 6.07) is 7.92. The van der Waals surface area contributed by atoms with Gasteiger partial charge in [-0.1, -0.05) is 30.7 Å². The standard InChI is InChI=1S/C12H19ClO2Si/c1-4-14-16(15-5-2)10(3)11-6-8-12(13)9-7-11/h6-10,16H,4-5H2,1-3H3. The van der Waals surface area contributed by atoms with Gasteiger partial charge in [0.15, 0.2) is 0 Å². The molecule has 0 radical (unpaired) electrons. The molecule has 0 saturated heterocycles. The molecule has 0 fully saturated rings. The van der Waals surface area contributed by atoms with E-state index in [4.69, 9.17) is 20.5 Å². The minimum atomic E-state index is -1.61. The summed E-state index contributed by atoms with van der Waals surface area (Å²) in [5.41, 5.74) is 1.58. The number of hydrogen-bond donors (Lipinski definition) is 0. The van der Waals surface area contributed by atoms with E-state index in [-0.39, 0.29) is 0 Å². The van der Waals surface area contributed by atoms with E-state index in [1.807, 2.05) is 38.1 Å². The summed E-state index contributed by atoms with van der Waals surface area (Å²) in [4.78, 5) is 0. The Morgan fingerprint density at radius 3 is 2.06 bits per heavy atom. The monoisotopic (exact) mass is 258 g/mol. The molecule has 0 spiro atoms. The molecule has 0 aliphatic rings. The Morgan fingerprint density at radius 1 is 1.12 bits per heavy atom. The van der Waals surface area contributed by atoms with Gasteiger partial charge in [0.2, 0.25) is 0 Å². The van der Waals surface area contributed by atoms with Crippen LogP contribution in [0.3, 0.4) is 0 Å². The van der Waals surface area contributed by atoms with Gasteiger partial charge < -0.3 is 8.85 Å². The van der Waals surface area contributed by atoms with Gasteiger partial charge in [0.1, 0.15) is 0 Å². The maximum absolute atomic E-state index is 5.87. The molecule has 1 atom stereocenters. The van der Waals surface area contributed by atoms with Crippen LogP contribution < -0.4 is 0 Å². The van der Waals surface area contributed by atoms with Gasteiger partial charge in [0.25, 0.3) is 0 Å². The summed E-state index contributed by atoms with van der Waals surface area (Å²) in [5.74, 6) is 0. The minimum absolute atomic E-state index is 0.345. The van der Waals surface area contributed by atoms with E-state index < -0.39 is 9.28 Å². The SMILES string of the molecule is CCO[SiH](OCC)C(C)c1ccc(Cl)cc1. The molecule has 0 bridgehead atoms. The topological polar surface area (TPSA) is 18.5 Å². The summed E-state index contributed by atoms with van der Waals surface area (Å²) in [7, 11) is -1.61. The quantitative estimate of drug-likeness (QED) is 0.729. The first kappa shape index (κ1) is 13.7. The van der Waals surface area contributed by atoms with Gasteiger partial charge >= 0.3 is 9.28 Å². The highest BCUT2D eigenvalue weighted by atomic mass is 35.5. The highest BCUT2D eigenvalue weighted by Crippen LogP contribution is 2.21. The molecule has 1 rings (SSSR count). The average Bonchev–Trinajstić information content (AvgIpc) is 2.29. The second kappa shape index (κ2) is 7.07. The largest absolute Gasteiger partial charge is 0.396 e. The van der Waals surface area contributed by atoms with Crippen LogP contribution in [0, 0.1) is 0 Å². The molecule has 0 aromatic heterocycles. The molecule has 16 heavy (non-hydrogen) atoms. The second-order valence-corrected chi connectivity index (χ2v) is 6.46. The van der Waals surface area contributed by atoms with Crippen LogP contribution in [0.1, 0.15) is 31.9 Å². The van der Waals surface area contributed by atoms with E-state index in [0.717, 1.165) is 18.2 Å². The summed E-state index contributed by atoms with van der Waals surface area (Å²) < 4.78 is 11.4. The molecule has 4 heteroatoms. The molecule has 1 aromatic carbocycles. The smallest absolute Gasteiger partial charge is 0.328 e. The van der Waals surface area contributed by atoms with E-state index >= 15 is 0 Å². The average molecular weight is 259 g/mol. The van der Waals surface area contributed by atoms with Gasteiger partial charge in [-0.25, -0.2) is 0 Å². The highest BCUT2D eigenvalue weighted by molar-refractivity contribution is 6.46. The lowest BCUT2D eigenvalue weighted by Crippen LogP contribution is -2.29. The fourth-order valence-corrected chi connectivity index (χ4v) is 3.58. The van der Waals surface area contributed by atoms with E-state index in [1.165, 1.54) is 5.56 Å². The van der Waals surface area contributed by atoms with Gasteiger partial charge in [0.05, 0.1) is 0 Å². The van der Waals surface area contributed by atoms with E-state index in [9.17, 15) is 0 Å². The molecular formula is C12H19ClO2Si. The van der Waals surface area contributed by atoms with Crippen molar-refractivity contribution in [3.05, 3.63) is 34.9 Å². The molecule has 0 saturated carbocycles. The van der Waals surface area contributed by atoms with Gasteiger partial charge in [-0.3, -0.25) is 0 Å². The van der Waals surface area contributed by atoms with Crippen molar-refractivity contribution in [1.29, 1.82) is 0 Å². The van der Waals surface area contributed by atoms with Crippen LogP contribution in [0.4, 0.5) is 0 Å². The third kappa shape index (κ3) is 3.90. The third-order valence-corrected chi connectivity index (χ3v) is 5.24. The van der Waals surface area contributed by atoms with Gasteiger partial charge in [-0.2, -0.15) is 0 Å². The molecule has 0 aliphatic carbocycles. The van der Waals surface area contributed by atoms with Crippen molar-refractivity contribution in [2.24, 2.45) is 0 Å². The highest BCUT2D eigenvalue weighted by Gasteiger charge is 2.22. The lowest BCUT2D eigenvalue weighted by molar-refractivity contribution is 0.206. The Kier molecular flexibility index (Phi) is 6.06. The Bertz CT molecular complexity index is 296. The van der Waals surface area contributed by atoms with Crippen LogP contribution in [0.25, 0.3) is 0 Å². The first-order valence-electron chi connectivity index (χ1n) is 5.67. The number of halogens is 1. The third-order valence-electron chi connectivity index (χ3n) is 2.47. The van der Waals surface area contributed by atoms with Crippen LogP contribution in [0.2, 0.25) is 5.02 Å². The minimum Gasteiger partial charge on any atom is -0.396 e. The molecule has 0 aliphatic heterocycles. The molecular weight excluding hydrogens is 240 g/mol. The zero-order valence-corrected chi connectivity index (χ0v) is 12.0. The van der Waals surface area contributed by atoms with Crippen LogP contribution in [0.5, 0.6) is 0 Å². The zero-order valence-electron chi connectivity index (χ0n) is 10.1. The number of benzene rings is 1. The molecule has 2 nitrogen and oxygen atoms in total. The number of rotatable bonds is 6. The molecule has 0 heterocycles. The van der Waals surface area contributed by atoms with Crippen LogP contribution in [0.15, 0.2) is 24.3 Å². The second-order valence-electron chi connectivity index (χ2n) is 3.62. The van der Waals surface area contributed by atoms with Crippen molar-refractivity contribution in [3.63, 3.8) is 0 Å². The summed E-state index contributed by atoms with van der Waals surface area (Å²) in [6.07, 6.45) is 0. The molecule has 1 aromatic rings. The number of hydrogen-bond acceptors (Lipinski definition) is 2. The maximum atomic E-state index is 5.87. The van der Waals surface area contributed by atoms with Crippen LogP contribution in [-0.2, 0) is 8.85 Å². The summed E-state index contributed by atoms with van der Waals surface area (Å²) in [5, 5.41) is 0.766. The Balaban J connectivity index is 2.72. The van der Waals surface area contributed by atoms with E-state index in [2.05, 4.69) is 6.92 Å². The van der Waals surface area contributed by atoms with Crippen molar-refractivity contribution < 1.29 is 8.85 Å². The fourth-order valence-electron chi connectivity index (χ4n) is 1.59. The fraction of sp³-hybridized carbons (Fsp3) is 0.500. The van der Waals surface area contributed by atoms with Crippen molar-refractivity contribution in [1.82, 2.24) is 0 Å². The summed E-state index contributed by atoms with van der Waals surface area (Å²) >= 11 is 5.87. The van der Waals surface area contributed by atoms with Crippen molar-refractivity contribution >= 4 is 20.9 Å². The predicted octanol–water partition coefficient (Wildman–Crippen LogP) is 3.28. The lowest BCUT2D eigenvalue weighted by Gasteiger charge is -2.21. The van der Waals surface area contributed by atoms with Crippen molar-refractivity contribution in [2.45, 2.75) is 26.3 Å². The summed E-state index contributed by atoms with van der Waals surface area (Å²) in [6.45, 7) is 7.61. The first-order chi connectivity index (χ1) is 7.69. The predicted molar refractivity (Wildman–Crippen MR) is 70.3 cm³/mol. The Hall–Kier alpha value is -0.353. The Labute approximate surface area is 104 Å².